The second-order valence-electron chi connectivity index (χ2n) is 4.88. The molecule has 0 unspecified atom stereocenters. The highest BCUT2D eigenvalue weighted by Crippen LogP contribution is 2.28. The van der Waals surface area contributed by atoms with Crippen molar-refractivity contribution >= 4 is 22.5 Å². The number of nitrogens with zero attached hydrogens (tertiary/aromatic N) is 1. The van der Waals surface area contributed by atoms with Crippen molar-refractivity contribution in [1.29, 1.82) is 0 Å². The molecule has 1 nitrogen and oxygen atoms in total. The first-order valence-corrected chi connectivity index (χ1v) is 6.65. The largest absolute Gasteiger partial charge is 0.248 e. The van der Waals surface area contributed by atoms with Gasteiger partial charge in [0.05, 0.1) is 16.2 Å². The van der Waals surface area contributed by atoms with E-state index in [-0.39, 0.29) is 0 Å². The van der Waals surface area contributed by atoms with Crippen molar-refractivity contribution in [1.82, 2.24) is 4.98 Å². The summed E-state index contributed by atoms with van der Waals surface area (Å²) in [7, 11) is 0. The van der Waals surface area contributed by atoms with Crippen LogP contribution < -0.4 is 0 Å². The molecule has 0 aliphatic heterocycles. The van der Waals surface area contributed by atoms with Crippen LogP contribution >= 0.6 is 11.6 Å². The third kappa shape index (κ3) is 2.34. The zero-order valence-corrected chi connectivity index (χ0v) is 11.7. The molecule has 3 rings (SSSR count). The summed E-state index contributed by atoms with van der Waals surface area (Å²) < 4.78 is 0. The molecule has 94 valence electrons. The van der Waals surface area contributed by atoms with Crippen molar-refractivity contribution in [3.05, 3.63) is 64.7 Å². The molecule has 1 aromatic heterocycles. The molecule has 0 saturated carbocycles. The van der Waals surface area contributed by atoms with E-state index in [9.17, 15) is 0 Å². The molecule has 1 heterocycles. The predicted molar refractivity (Wildman–Crippen MR) is 81.7 cm³/mol. The van der Waals surface area contributed by atoms with Crippen LogP contribution in [0.4, 0.5) is 0 Å². The zero-order valence-electron chi connectivity index (χ0n) is 10.9. The topological polar surface area (TPSA) is 12.9 Å². The highest BCUT2D eigenvalue weighted by Gasteiger charge is 2.06. The number of rotatable bonds is 1. The quantitative estimate of drug-likeness (QED) is 0.593. The Bertz CT molecular complexity index is 745. The number of pyridine rings is 1. The number of benzene rings is 2. The van der Waals surface area contributed by atoms with Crippen molar-refractivity contribution in [2.75, 3.05) is 0 Å². The Morgan fingerprint density at radius 2 is 1.53 bits per heavy atom. The maximum Gasteiger partial charge on any atom is 0.0724 e. The lowest BCUT2D eigenvalue weighted by Gasteiger charge is -2.06. The van der Waals surface area contributed by atoms with E-state index >= 15 is 0 Å². The van der Waals surface area contributed by atoms with Gasteiger partial charge in [-0.3, -0.25) is 0 Å². The fourth-order valence-corrected chi connectivity index (χ4v) is 2.43. The molecule has 0 radical (unpaired) electrons. The molecule has 0 saturated heterocycles. The molecule has 3 aromatic rings. The van der Waals surface area contributed by atoms with Gasteiger partial charge in [-0.15, -0.1) is 0 Å². The molecule has 0 atom stereocenters. The molecule has 0 N–H and O–H groups in total. The van der Waals surface area contributed by atoms with Crippen molar-refractivity contribution in [2.45, 2.75) is 13.8 Å². The standard InChI is InChI=1S/C17H14ClN/c1-11-3-6-13(7-4-11)17-10-15(18)14-9-12(2)5-8-16(14)19-17/h3-10H,1-2H3. The Hall–Kier alpha value is -1.86. The average Bonchev–Trinajstić information content (AvgIpc) is 2.40. The molecule has 19 heavy (non-hydrogen) atoms. The van der Waals surface area contributed by atoms with E-state index in [1.807, 2.05) is 12.1 Å². The van der Waals surface area contributed by atoms with Crippen LogP contribution in [-0.2, 0) is 0 Å². The van der Waals surface area contributed by atoms with Gasteiger partial charge >= 0.3 is 0 Å². The van der Waals surface area contributed by atoms with Gasteiger partial charge in [-0.05, 0) is 32.0 Å². The molecule has 2 aromatic carbocycles. The van der Waals surface area contributed by atoms with Gasteiger partial charge in [0.25, 0.3) is 0 Å². The van der Waals surface area contributed by atoms with Crippen molar-refractivity contribution in [2.24, 2.45) is 0 Å². The van der Waals surface area contributed by atoms with Gasteiger partial charge in [-0.25, -0.2) is 4.98 Å². The van der Waals surface area contributed by atoms with Crippen LogP contribution in [0.15, 0.2) is 48.5 Å². The molecule has 2 heteroatoms. The Morgan fingerprint density at radius 3 is 2.26 bits per heavy atom. The van der Waals surface area contributed by atoms with E-state index < -0.39 is 0 Å². The van der Waals surface area contributed by atoms with E-state index in [2.05, 4.69) is 50.2 Å². The van der Waals surface area contributed by atoms with Crippen molar-refractivity contribution in [3.8, 4) is 11.3 Å². The molecule has 0 spiro atoms. The number of halogens is 1. The molecular weight excluding hydrogens is 254 g/mol. The van der Waals surface area contributed by atoms with Crippen LogP contribution in [0.3, 0.4) is 0 Å². The first-order chi connectivity index (χ1) is 9.13. The second-order valence-corrected chi connectivity index (χ2v) is 5.28. The summed E-state index contributed by atoms with van der Waals surface area (Å²) in [4.78, 5) is 4.69. The minimum Gasteiger partial charge on any atom is -0.248 e. The number of aromatic nitrogens is 1. The average molecular weight is 268 g/mol. The highest BCUT2D eigenvalue weighted by molar-refractivity contribution is 6.35. The van der Waals surface area contributed by atoms with Gasteiger partial charge in [0.1, 0.15) is 0 Å². The second kappa shape index (κ2) is 4.67. The molecule has 0 bridgehead atoms. The fourth-order valence-electron chi connectivity index (χ4n) is 2.17. The van der Waals surface area contributed by atoms with Crippen LogP contribution in [0.25, 0.3) is 22.2 Å². The summed E-state index contributed by atoms with van der Waals surface area (Å²) in [5, 5.41) is 1.77. The van der Waals surface area contributed by atoms with Crippen molar-refractivity contribution in [3.63, 3.8) is 0 Å². The summed E-state index contributed by atoms with van der Waals surface area (Å²) in [5.74, 6) is 0. The lowest BCUT2D eigenvalue weighted by molar-refractivity contribution is 1.37. The van der Waals surface area contributed by atoms with Gasteiger partial charge in [0, 0.05) is 10.9 Å². The van der Waals surface area contributed by atoms with Crippen molar-refractivity contribution < 1.29 is 0 Å². The minimum absolute atomic E-state index is 0.754. The monoisotopic (exact) mass is 267 g/mol. The van der Waals surface area contributed by atoms with E-state index in [4.69, 9.17) is 16.6 Å². The predicted octanol–water partition coefficient (Wildman–Crippen LogP) is 5.17. The van der Waals surface area contributed by atoms with Crippen LogP contribution in [0.5, 0.6) is 0 Å². The van der Waals surface area contributed by atoms with E-state index in [1.54, 1.807) is 0 Å². The minimum atomic E-state index is 0.754. The van der Waals surface area contributed by atoms with Gasteiger partial charge in [-0.2, -0.15) is 0 Å². The normalized spacial score (nSPS) is 10.9. The third-order valence-corrected chi connectivity index (χ3v) is 3.57. The van der Waals surface area contributed by atoms with E-state index in [0.717, 1.165) is 27.2 Å². The van der Waals surface area contributed by atoms with E-state index in [1.165, 1.54) is 11.1 Å². The first kappa shape index (κ1) is 12.2. The van der Waals surface area contributed by atoms with Gasteiger partial charge in [0.2, 0.25) is 0 Å². The Morgan fingerprint density at radius 1 is 0.842 bits per heavy atom. The molecule has 0 fully saturated rings. The number of aryl methyl sites for hydroxylation is 2. The van der Waals surface area contributed by atoms with E-state index in [0.29, 0.717) is 0 Å². The maximum absolute atomic E-state index is 6.38. The van der Waals surface area contributed by atoms with Gasteiger partial charge in [0.15, 0.2) is 0 Å². The third-order valence-electron chi connectivity index (χ3n) is 3.26. The number of hydrogen-bond acceptors (Lipinski definition) is 1. The lowest BCUT2D eigenvalue weighted by Crippen LogP contribution is -1.87. The SMILES string of the molecule is Cc1ccc(-c2cc(Cl)c3cc(C)ccc3n2)cc1. The smallest absolute Gasteiger partial charge is 0.0724 e. The Labute approximate surface area is 117 Å². The Balaban J connectivity index is 2.20. The summed E-state index contributed by atoms with van der Waals surface area (Å²) in [5.41, 5.74) is 5.38. The fraction of sp³-hybridized carbons (Fsp3) is 0.118. The van der Waals surface area contributed by atoms with Crippen LogP contribution in [0.1, 0.15) is 11.1 Å². The molecule has 0 aliphatic rings. The summed E-state index contributed by atoms with van der Waals surface area (Å²) in [6, 6.07) is 16.4. The summed E-state index contributed by atoms with van der Waals surface area (Å²) in [6.45, 7) is 4.14. The summed E-state index contributed by atoms with van der Waals surface area (Å²) >= 11 is 6.38. The molecule has 0 aliphatic carbocycles. The van der Waals surface area contributed by atoms with Gasteiger partial charge < -0.3 is 0 Å². The van der Waals surface area contributed by atoms with Gasteiger partial charge in [-0.1, -0.05) is 53.1 Å². The van der Waals surface area contributed by atoms with Crippen LogP contribution in [-0.4, -0.2) is 4.98 Å². The number of fused-ring (bicyclic) bond motifs is 1. The summed E-state index contributed by atoms with van der Waals surface area (Å²) in [6.07, 6.45) is 0. The maximum atomic E-state index is 6.38. The Kier molecular flexibility index (Phi) is 3.00. The lowest BCUT2D eigenvalue weighted by atomic mass is 10.1. The van der Waals surface area contributed by atoms with Crippen LogP contribution in [0, 0.1) is 13.8 Å². The highest BCUT2D eigenvalue weighted by atomic mass is 35.5. The zero-order chi connectivity index (χ0) is 13.4. The molecular formula is C17H14ClN. The number of hydrogen-bond donors (Lipinski definition) is 0. The van der Waals surface area contributed by atoms with Crippen LogP contribution in [0.2, 0.25) is 5.02 Å². The first-order valence-electron chi connectivity index (χ1n) is 6.27. The molecule has 0 amide bonds.